The summed E-state index contributed by atoms with van der Waals surface area (Å²) >= 11 is 0. The molecule has 2 aromatic rings. The third kappa shape index (κ3) is 2.58. The summed E-state index contributed by atoms with van der Waals surface area (Å²) in [4.78, 5) is 3.84. The van der Waals surface area contributed by atoms with E-state index in [4.69, 9.17) is 4.74 Å². The van der Waals surface area contributed by atoms with E-state index in [1.807, 2.05) is 18.2 Å². The van der Waals surface area contributed by atoms with Crippen molar-refractivity contribution in [2.75, 3.05) is 0 Å². The van der Waals surface area contributed by atoms with Gasteiger partial charge in [0.1, 0.15) is 5.75 Å². The van der Waals surface area contributed by atoms with Crippen LogP contribution in [0.15, 0.2) is 35.2 Å². The number of nitrogens with zero attached hydrogens (tertiary/aromatic N) is 2. The van der Waals surface area contributed by atoms with Gasteiger partial charge in [0, 0.05) is 0 Å². The van der Waals surface area contributed by atoms with Gasteiger partial charge in [0.05, 0.1) is 6.10 Å². The van der Waals surface area contributed by atoms with E-state index in [1.54, 1.807) is 13.0 Å². The number of hydrogen-bond acceptors (Lipinski definition) is 5. The molecule has 84 valence electrons. The van der Waals surface area contributed by atoms with Crippen LogP contribution in [0.2, 0.25) is 0 Å². The molecule has 2 rings (SSSR count). The van der Waals surface area contributed by atoms with Crippen molar-refractivity contribution in [3.05, 3.63) is 42.0 Å². The number of aliphatic hydroxyl groups is 1. The Bertz CT molecular complexity index is 440. The Morgan fingerprint density at radius 3 is 3.06 bits per heavy atom. The zero-order valence-corrected chi connectivity index (χ0v) is 8.83. The zero-order valence-electron chi connectivity index (χ0n) is 8.83. The number of aliphatic hydroxyl groups excluding tert-OH is 1. The van der Waals surface area contributed by atoms with Crippen LogP contribution in [-0.2, 0) is 6.61 Å². The van der Waals surface area contributed by atoms with Gasteiger partial charge >= 0.3 is 0 Å². The van der Waals surface area contributed by atoms with Crippen LogP contribution >= 0.6 is 0 Å². The summed E-state index contributed by atoms with van der Waals surface area (Å²) in [6.45, 7) is 1.96. The molecule has 5 nitrogen and oxygen atoms in total. The summed E-state index contributed by atoms with van der Waals surface area (Å²) in [6.07, 6.45) is 0.749. The van der Waals surface area contributed by atoms with Crippen LogP contribution in [0.1, 0.15) is 24.4 Å². The lowest BCUT2D eigenvalue weighted by atomic mass is 10.1. The maximum Gasteiger partial charge on any atom is 0.213 e. The Morgan fingerprint density at radius 1 is 1.50 bits per heavy atom. The van der Waals surface area contributed by atoms with E-state index in [1.165, 1.54) is 6.39 Å². The average Bonchev–Trinajstić information content (AvgIpc) is 2.79. The van der Waals surface area contributed by atoms with Gasteiger partial charge in [-0.05, 0) is 24.6 Å². The third-order valence-electron chi connectivity index (χ3n) is 2.12. The molecule has 5 heteroatoms. The van der Waals surface area contributed by atoms with Crippen LogP contribution in [-0.4, -0.2) is 15.2 Å². The second-order valence-electron chi connectivity index (χ2n) is 3.38. The van der Waals surface area contributed by atoms with E-state index in [2.05, 4.69) is 14.7 Å². The first kappa shape index (κ1) is 10.6. The molecular weight excluding hydrogens is 208 g/mol. The summed E-state index contributed by atoms with van der Waals surface area (Å²) in [5.74, 6) is 1.16. The molecule has 0 aliphatic carbocycles. The summed E-state index contributed by atoms with van der Waals surface area (Å²) in [7, 11) is 0. The van der Waals surface area contributed by atoms with Crippen LogP contribution in [0, 0.1) is 0 Å². The molecule has 1 aromatic carbocycles. The van der Waals surface area contributed by atoms with Gasteiger partial charge in [-0.1, -0.05) is 17.3 Å². The molecule has 1 aromatic heterocycles. The molecule has 0 saturated heterocycles. The van der Waals surface area contributed by atoms with Gasteiger partial charge in [-0.25, -0.2) is 0 Å². The standard InChI is InChI=1S/C11H12N2O3/c1-8(14)9-3-2-4-10(5-9)15-6-11-12-7-16-13-11/h2-5,7-8,14H,6H2,1H3/t8-/m1/s1. The van der Waals surface area contributed by atoms with Crippen molar-refractivity contribution in [1.82, 2.24) is 10.1 Å². The highest BCUT2D eigenvalue weighted by Crippen LogP contribution is 2.19. The molecule has 0 saturated carbocycles. The zero-order chi connectivity index (χ0) is 11.4. The monoisotopic (exact) mass is 220 g/mol. The lowest BCUT2D eigenvalue weighted by Crippen LogP contribution is -1.98. The summed E-state index contributed by atoms with van der Waals surface area (Å²) < 4.78 is 10.0. The van der Waals surface area contributed by atoms with Gasteiger partial charge < -0.3 is 14.4 Å². The van der Waals surface area contributed by atoms with Crippen LogP contribution in [0.3, 0.4) is 0 Å². The number of ether oxygens (including phenoxy) is 1. The van der Waals surface area contributed by atoms with E-state index in [0.717, 1.165) is 5.56 Å². The highest BCUT2D eigenvalue weighted by atomic mass is 16.5. The molecular formula is C11H12N2O3. The average molecular weight is 220 g/mol. The smallest absolute Gasteiger partial charge is 0.213 e. The highest BCUT2D eigenvalue weighted by molar-refractivity contribution is 5.29. The fourth-order valence-corrected chi connectivity index (χ4v) is 1.27. The number of rotatable bonds is 4. The lowest BCUT2D eigenvalue weighted by molar-refractivity contribution is 0.198. The molecule has 1 heterocycles. The Morgan fingerprint density at radius 2 is 2.38 bits per heavy atom. The van der Waals surface area contributed by atoms with E-state index in [9.17, 15) is 5.11 Å². The Labute approximate surface area is 92.7 Å². The van der Waals surface area contributed by atoms with E-state index in [0.29, 0.717) is 11.6 Å². The van der Waals surface area contributed by atoms with Crippen molar-refractivity contribution in [3.63, 3.8) is 0 Å². The van der Waals surface area contributed by atoms with Gasteiger partial charge in [0.15, 0.2) is 6.61 Å². The molecule has 0 spiro atoms. The van der Waals surface area contributed by atoms with Gasteiger partial charge in [-0.2, -0.15) is 4.98 Å². The van der Waals surface area contributed by atoms with Gasteiger partial charge in [-0.15, -0.1) is 0 Å². The molecule has 0 unspecified atom stereocenters. The van der Waals surface area contributed by atoms with E-state index < -0.39 is 6.10 Å². The van der Waals surface area contributed by atoms with Crippen molar-refractivity contribution in [1.29, 1.82) is 0 Å². The molecule has 0 aliphatic heterocycles. The SMILES string of the molecule is C[C@@H](O)c1cccc(OCc2ncon2)c1. The van der Waals surface area contributed by atoms with E-state index >= 15 is 0 Å². The number of aromatic nitrogens is 2. The Hall–Kier alpha value is -1.88. The molecule has 0 amide bonds. The summed E-state index contributed by atoms with van der Waals surface area (Å²) in [5, 5.41) is 13.0. The Balaban J connectivity index is 2.01. The topological polar surface area (TPSA) is 68.4 Å². The minimum absolute atomic E-state index is 0.250. The normalized spacial score (nSPS) is 12.4. The van der Waals surface area contributed by atoms with Crippen molar-refractivity contribution in [2.24, 2.45) is 0 Å². The molecule has 0 bridgehead atoms. The first-order chi connectivity index (χ1) is 7.75. The first-order valence-corrected chi connectivity index (χ1v) is 4.92. The second-order valence-corrected chi connectivity index (χ2v) is 3.38. The molecule has 1 atom stereocenters. The number of benzene rings is 1. The van der Waals surface area contributed by atoms with Crippen molar-refractivity contribution < 1.29 is 14.4 Å². The second kappa shape index (κ2) is 4.76. The van der Waals surface area contributed by atoms with Crippen LogP contribution in [0.5, 0.6) is 5.75 Å². The molecule has 0 radical (unpaired) electrons. The van der Waals surface area contributed by atoms with Crippen LogP contribution < -0.4 is 4.74 Å². The lowest BCUT2D eigenvalue weighted by Gasteiger charge is -2.07. The highest BCUT2D eigenvalue weighted by Gasteiger charge is 2.03. The third-order valence-corrected chi connectivity index (χ3v) is 2.12. The van der Waals surface area contributed by atoms with Crippen molar-refractivity contribution in [2.45, 2.75) is 19.6 Å². The van der Waals surface area contributed by atoms with Gasteiger partial charge in [0.25, 0.3) is 0 Å². The maximum absolute atomic E-state index is 9.41. The van der Waals surface area contributed by atoms with Gasteiger partial charge in [0.2, 0.25) is 12.2 Å². The van der Waals surface area contributed by atoms with Crippen molar-refractivity contribution >= 4 is 0 Å². The molecule has 16 heavy (non-hydrogen) atoms. The fraction of sp³-hybridized carbons (Fsp3) is 0.273. The maximum atomic E-state index is 9.41. The molecule has 1 N–H and O–H groups in total. The quantitative estimate of drug-likeness (QED) is 0.849. The fourth-order valence-electron chi connectivity index (χ4n) is 1.27. The Kier molecular flexibility index (Phi) is 3.16. The minimum Gasteiger partial charge on any atom is -0.485 e. The molecule has 0 fully saturated rings. The summed E-state index contributed by atoms with van der Waals surface area (Å²) in [5.41, 5.74) is 0.811. The first-order valence-electron chi connectivity index (χ1n) is 4.92. The van der Waals surface area contributed by atoms with Crippen LogP contribution in [0.25, 0.3) is 0 Å². The van der Waals surface area contributed by atoms with Crippen LogP contribution in [0.4, 0.5) is 0 Å². The largest absolute Gasteiger partial charge is 0.485 e. The summed E-state index contributed by atoms with van der Waals surface area (Å²) in [6, 6.07) is 7.26. The molecule has 0 aliphatic rings. The van der Waals surface area contributed by atoms with Crippen molar-refractivity contribution in [3.8, 4) is 5.75 Å². The van der Waals surface area contributed by atoms with E-state index in [-0.39, 0.29) is 6.61 Å². The number of hydrogen-bond donors (Lipinski definition) is 1. The van der Waals surface area contributed by atoms with Gasteiger partial charge in [-0.3, -0.25) is 0 Å². The minimum atomic E-state index is -0.506. The predicted molar refractivity (Wildman–Crippen MR) is 55.7 cm³/mol. The predicted octanol–water partition coefficient (Wildman–Crippen LogP) is 1.70.